The van der Waals surface area contributed by atoms with Crippen LogP contribution in [0.5, 0.6) is 0 Å². The molecule has 7 unspecified atom stereocenters. The molecule has 22 nitrogen and oxygen atoms in total. The van der Waals surface area contributed by atoms with Crippen molar-refractivity contribution in [3.05, 3.63) is 22.7 Å². The van der Waals surface area contributed by atoms with Crippen LogP contribution in [0, 0.1) is 11.3 Å². The summed E-state index contributed by atoms with van der Waals surface area (Å²) in [5, 5.41) is 30.7. The first-order valence-corrected chi connectivity index (χ1v) is 26.0. The second-order valence-corrected chi connectivity index (χ2v) is 22.4. The second kappa shape index (κ2) is 26.2. The first-order chi connectivity index (χ1) is 31.9. The number of aliphatic hydroxyl groups excluding tert-OH is 1. The van der Waals surface area contributed by atoms with Gasteiger partial charge in [0.25, 0.3) is 5.91 Å². The number of thioether (sulfide) groups is 2. The lowest BCUT2D eigenvalue weighted by Crippen LogP contribution is -2.49. The molecule has 2 fully saturated rings. The maximum absolute atomic E-state index is 14.7. The summed E-state index contributed by atoms with van der Waals surface area (Å²) in [4.78, 5) is 109. The molecule has 0 spiro atoms. The van der Waals surface area contributed by atoms with Gasteiger partial charge >= 0.3 is 31.4 Å². The first kappa shape index (κ1) is 59.7. The number of Topliss-reactive ketones (excluding diaryl/α,β-unsaturated/α-hetero) is 1. The van der Waals surface area contributed by atoms with Gasteiger partial charge in [0.05, 0.1) is 24.7 Å². The number of carbonyl (C=O) groups excluding carboxylic acids is 5. The minimum absolute atomic E-state index is 0.0551. The Bertz CT molecular complexity index is 2060. The molecule has 1 aliphatic carbocycles. The number of nitrogens with one attached hydrogen (secondary N) is 4. The van der Waals surface area contributed by atoms with Crippen LogP contribution in [0.15, 0.2) is 17.1 Å². The van der Waals surface area contributed by atoms with Crippen LogP contribution >= 0.6 is 31.3 Å². The second-order valence-electron chi connectivity index (χ2n) is 18.6. The van der Waals surface area contributed by atoms with Gasteiger partial charge in [-0.2, -0.15) is 37.3 Å². The Labute approximate surface area is 407 Å². The molecule has 3 amide bonds. The van der Waals surface area contributed by atoms with Crippen LogP contribution in [0.25, 0.3) is 0 Å². The molecule has 2 aliphatic rings. The molecular weight excluding hydrogens is 978 g/mol. The smallest absolute Gasteiger partial charge is 0.469 e. The number of alkyl halides is 2. The molecule has 1 saturated carbocycles. The maximum atomic E-state index is 14.7. The molecule has 0 aromatic carbocycles. The summed E-state index contributed by atoms with van der Waals surface area (Å²) in [6, 6.07) is -0.903. The topological polar surface area (TPSA) is 320 Å². The number of ether oxygens (including phenoxy) is 3. The van der Waals surface area contributed by atoms with Gasteiger partial charge in [0.1, 0.15) is 23.7 Å². The SMILES string of the molecule is CC(C)NC(CSC1CCC1SCC(NC(=O)CCC(C)(C)OCCC(C)(C)C(=O)C(C)C)C(=O)O)C(=O)NCCC(=O)OCC(=O)Nc1ccn(C2OC(COP(=O)(O)O)C(O)C2(F)F)c(=O)n1. The Morgan fingerprint density at radius 1 is 0.986 bits per heavy atom. The van der Waals surface area contributed by atoms with E-state index in [0.29, 0.717) is 29.8 Å². The van der Waals surface area contributed by atoms with Gasteiger partial charge in [-0.25, -0.2) is 14.2 Å². The van der Waals surface area contributed by atoms with E-state index in [4.69, 9.17) is 24.0 Å². The Morgan fingerprint density at radius 3 is 2.16 bits per heavy atom. The van der Waals surface area contributed by atoms with E-state index in [1.165, 1.54) is 11.8 Å². The molecule has 27 heteroatoms. The van der Waals surface area contributed by atoms with E-state index in [-0.39, 0.29) is 53.4 Å². The highest BCUT2D eigenvalue weighted by atomic mass is 32.2. The van der Waals surface area contributed by atoms with Crippen LogP contribution in [0.1, 0.15) is 100 Å². The van der Waals surface area contributed by atoms with E-state index in [9.17, 15) is 57.1 Å². The number of carboxylic acids is 1. The number of anilines is 1. The lowest BCUT2D eigenvalue weighted by atomic mass is 9.80. The van der Waals surface area contributed by atoms with E-state index in [2.05, 4.69) is 30.8 Å². The molecule has 1 aromatic rings. The molecule has 1 saturated heterocycles. The number of ketones is 1. The van der Waals surface area contributed by atoms with Crippen molar-refractivity contribution >= 4 is 72.6 Å². The number of carboxylic acid groups (broad SMARTS) is 1. The lowest BCUT2D eigenvalue weighted by Gasteiger charge is -2.37. The number of amides is 3. The van der Waals surface area contributed by atoms with Gasteiger partial charge in [0, 0.05) is 65.1 Å². The van der Waals surface area contributed by atoms with Crippen molar-refractivity contribution in [2.45, 2.75) is 152 Å². The number of nitrogens with zero attached hydrogens (tertiary/aromatic N) is 2. The fourth-order valence-corrected chi connectivity index (χ4v) is 10.5. The minimum atomic E-state index is -5.10. The van der Waals surface area contributed by atoms with Gasteiger partial charge in [-0.3, -0.25) is 33.1 Å². The molecule has 1 aromatic heterocycles. The Kier molecular flexibility index (Phi) is 22.7. The fraction of sp³-hybridized carbons (Fsp3) is 0.762. The van der Waals surface area contributed by atoms with Crippen LogP contribution in [-0.2, 0) is 52.1 Å². The summed E-state index contributed by atoms with van der Waals surface area (Å²) in [5.74, 6) is -7.72. The van der Waals surface area contributed by atoms with Crippen molar-refractivity contribution in [2.75, 3.05) is 43.2 Å². The summed E-state index contributed by atoms with van der Waals surface area (Å²) in [6.07, 6.45) is -3.90. The third-order valence-corrected chi connectivity index (χ3v) is 14.8. The van der Waals surface area contributed by atoms with Crippen LogP contribution < -0.4 is 27.0 Å². The highest BCUT2D eigenvalue weighted by Gasteiger charge is 2.60. The molecule has 3 rings (SSSR count). The predicted octanol–water partition coefficient (Wildman–Crippen LogP) is 2.38. The average molecular weight is 1050 g/mol. The van der Waals surface area contributed by atoms with Crippen molar-refractivity contribution in [1.82, 2.24) is 25.5 Å². The van der Waals surface area contributed by atoms with Crippen LogP contribution in [-0.4, -0.2) is 155 Å². The first-order valence-electron chi connectivity index (χ1n) is 22.4. The van der Waals surface area contributed by atoms with Crippen LogP contribution in [0.4, 0.5) is 14.6 Å². The number of esters is 1. The van der Waals surface area contributed by atoms with E-state index < -0.39 is 110 Å². The van der Waals surface area contributed by atoms with E-state index in [0.717, 1.165) is 25.1 Å². The monoisotopic (exact) mass is 1040 g/mol. The zero-order valence-electron chi connectivity index (χ0n) is 39.9. The van der Waals surface area contributed by atoms with Crippen molar-refractivity contribution in [3.8, 4) is 0 Å². The molecule has 69 heavy (non-hydrogen) atoms. The molecule has 0 bridgehead atoms. The standard InChI is InChI=1S/C42H67F2N6O16PS2/c1-23(2)34(54)40(5,6)15-18-64-41(7,8)14-11-31(51)47-26(37(57)58)22-69-29-10-9-28(29)68-21-25(46-24(3)4)36(56)45-16-12-33(53)63-20-32(52)48-30-13-17-50(39(59)49-30)38-42(43,44)35(55)27(66-38)19-65-67(60,61)62/h13,17,23-29,35,38,46,55H,9-12,14-16,18-22H2,1-8H3,(H,45,56)(H,47,51)(H,57,58)(H2,60,61,62)(H,48,49,52,59). The summed E-state index contributed by atoms with van der Waals surface area (Å²) in [7, 11) is -5.10. The van der Waals surface area contributed by atoms with Gasteiger partial charge in [0.2, 0.25) is 18.0 Å². The van der Waals surface area contributed by atoms with Gasteiger partial charge in [-0.1, -0.05) is 41.5 Å². The van der Waals surface area contributed by atoms with Crippen LogP contribution in [0.3, 0.4) is 0 Å². The van der Waals surface area contributed by atoms with Crippen molar-refractivity contribution in [1.29, 1.82) is 0 Å². The maximum Gasteiger partial charge on any atom is 0.469 e. The quantitative estimate of drug-likeness (QED) is 0.0405. The average Bonchev–Trinajstić information content (AvgIpc) is 3.45. The summed E-state index contributed by atoms with van der Waals surface area (Å²) in [5.41, 5.74) is -2.57. The van der Waals surface area contributed by atoms with Gasteiger partial charge in [-0.05, 0) is 45.6 Å². The molecular formula is C42H67F2N6O16PS2. The number of hydrogen-bond donors (Lipinski definition) is 8. The van der Waals surface area contributed by atoms with Gasteiger partial charge in [-0.15, -0.1) is 0 Å². The predicted molar refractivity (Wildman–Crippen MR) is 249 cm³/mol. The fourth-order valence-electron chi connectivity index (χ4n) is 7.02. The number of aromatic nitrogens is 2. The van der Waals surface area contributed by atoms with E-state index in [1.807, 2.05) is 55.4 Å². The number of aliphatic carboxylic acids is 1. The number of aliphatic hydroxyl groups is 1. The number of carbonyl (C=O) groups is 6. The van der Waals surface area contributed by atoms with E-state index >= 15 is 0 Å². The zero-order chi connectivity index (χ0) is 52.1. The minimum Gasteiger partial charge on any atom is -0.480 e. The highest BCUT2D eigenvalue weighted by Crippen LogP contribution is 2.45. The van der Waals surface area contributed by atoms with Gasteiger partial charge in [0.15, 0.2) is 12.7 Å². The Morgan fingerprint density at radius 2 is 1.61 bits per heavy atom. The van der Waals surface area contributed by atoms with Gasteiger partial charge < -0.3 is 55.5 Å². The number of rotatable bonds is 30. The third-order valence-electron chi connectivity index (χ3n) is 11.1. The molecule has 2 heterocycles. The van der Waals surface area contributed by atoms with Crippen molar-refractivity contribution in [3.63, 3.8) is 0 Å². The van der Waals surface area contributed by atoms with Crippen molar-refractivity contribution in [2.24, 2.45) is 11.3 Å². The number of halogens is 2. The highest BCUT2D eigenvalue weighted by molar-refractivity contribution is 8.04. The molecule has 0 radical (unpaired) electrons. The Hall–Kier alpha value is -3.59. The summed E-state index contributed by atoms with van der Waals surface area (Å²) < 4.78 is 60.8. The molecule has 392 valence electrons. The molecule has 1 aliphatic heterocycles. The summed E-state index contributed by atoms with van der Waals surface area (Å²) in [6.45, 7) is 13.2. The zero-order valence-corrected chi connectivity index (χ0v) is 42.5. The molecule has 7 atom stereocenters. The number of phosphoric ester groups is 1. The van der Waals surface area contributed by atoms with E-state index in [1.54, 1.807) is 11.8 Å². The van der Waals surface area contributed by atoms with Crippen LogP contribution in [0.2, 0.25) is 0 Å². The lowest BCUT2D eigenvalue weighted by molar-refractivity contribution is -0.147. The summed E-state index contributed by atoms with van der Waals surface area (Å²) >= 11 is 3.01. The van der Waals surface area contributed by atoms with Crippen molar-refractivity contribution < 1.29 is 80.8 Å². The normalized spacial score (nSPS) is 21.3. The Balaban J connectivity index is 1.39. The number of phosphoric acid groups is 1. The largest absolute Gasteiger partial charge is 0.480 e. The molecule has 8 N–H and O–H groups in total. The third kappa shape index (κ3) is 19.5. The number of hydrogen-bond acceptors (Lipinski definition) is 17.